The Kier molecular flexibility index (Phi) is 6.44. The van der Waals surface area contributed by atoms with Gasteiger partial charge in [0.05, 0.1) is 7.11 Å². The molecule has 0 fully saturated rings. The summed E-state index contributed by atoms with van der Waals surface area (Å²) in [5, 5.41) is 3.56. The van der Waals surface area contributed by atoms with Crippen LogP contribution in [-0.2, 0) is 13.2 Å². The van der Waals surface area contributed by atoms with E-state index in [2.05, 4.69) is 54.5 Å². The lowest BCUT2D eigenvalue weighted by Gasteiger charge is -2.17. The highest BCUT2D eigenvalue weighted by Crippen LogP contribution is 2.31. The van der Waals surface area contributed by atoms with Crippen LogP contribution in [0.1, 0.15) is 35.2 Å². The summed E-state index contributed by atoms with van der Waals surface area (Å²) in [6.07, 6.45) is 3.53. The standard InChI is InChI=1S/C23H26N2O2/c1-17-4-6-19(7-5-17)15-25-18(2)21-8-9-22(23(14-21)26-3)27-16-20-10-12-24-13-11-20/h4-14,18,25H,15-16H2,1-3H3. The molecule has 1 N–H and O–H groups in total. The number of pyridine rings is 1. The highest BCUT2D eigenvalue weighted by Gasteiger charge is 2.11. The van der Waals surface area contributed by atoms with Crippen molar-refractivity contribution in [2.45, 2.75) is 33.0 Å². The number of methoxy groups -OCH3 is 1. The van der Waals surface area contributed by atoms with Crippen LogP contribution in [0.2, 0.25) is 0 Å². The highest BCUT2D eigenvalue weighted by molar-refractivity contribution is 5.44. The minimum atomic E-state index is 0.203. The summed E-state index contributed by atoms with van der Waals surface area (Å²) in [6.45, 7) is 5.56. The zero-order valence-corrected chi connectivity index (χ0v) is 16.1. The summed E-state index contributed by atoms with van der Waals surface area (Å²) < 4.78 is 11.5. The second-order valence-corrected chi connectivity index (χ2v) is 6.64. The summed E-state index contributed by atoms with van der Waals surface area (Å²) in [5.41, 5.74) is 4.79. The molecular formula is C23H26N2O2. The van der Waals surface area contributed by atoms with E-state index in [1.807, 2.05) is 24.3 Å². The van der Waals surface area contributed by atoms with Gasteiger partial charge in [0.2, 0.25) is 0 Å². The van der Waals surface area contributed by atoms with Crippen molar-refractivity contribution in [2.24, 2.45) is 0 Å². The molecule has 3 aromatic rings. The molecule has 2 aromatic carbocycles. The number of aryl methyl sites for hydroxylation is 1. The molecule has 4 nitrogen and oxygen atoms in total. The van der Waals surface area contributed by atoms with E-state index in [-0.39, 0.29) is 6.04 Å². The van der Waals surface area contributed by atoms with Gasteiger partial charge in [-0.3, -0.25) is 4.98 Å². The molecule has 0 bridgehead atoms. The van der Waals surface area contributed by atoms with Gasteiger partial charge in [0, 0.05) is 25.0 Å². The van der Waals surface area contributed by atoms with E-state index in [1.165, 1.54) is 11.1 Å². The first-order valence-corrected chi connectivity index (χ1v) is 9.14. The first kappa shape index (κ1) is 18.9. The molecule has 0 aliphatic carbocycles. The monoisotopic (exact) mass is 362 g/mol. The molecule has 0 amide bonds. The Morgan fingerprint density at radius 1 is 0.926 bits per heavy atom. The van der Waals surface area contributed by atoms with Crippen LogP contribution in [0.4, 0.5) is 0 Å². The maximum absolute atomic E-state index is 5.92. The Balaban J connectivity index is 1.62. The van der Waals surface area contributed by atoms with Gasteiger partial charge in [-0.25, -0.2) is 0 Å². The number of aromatic nitrogens is 1. The smallest absolute Gasteiger partial charge is 0.161 e. The van der Waals surface area contributed by atoms with Gasteiger partial charge < -0.3 is 14.8 Å². The normalized spacial score (nSPS) is 11.8. The van der Waals surface area contributed by atoms with Gasteiger partial charge in [-0.15, -0.1) is 0 Å². The molecule has 140 valence electrons. The van der Waals surface area contributed by atoms with E-state index in [9.17, 15) is 0 Å². The zero-order chi connectivity index (χ0) is 19.1. The lowest BCUT2D eigenvalue weighted by molar-refractivity contribution is 0.284. The largest absolute Gasteiger partial charge is 0.493 e. The Labute approximate surface area is 161 Å². The summed E-state index contributed by atoms with van der Waals surface area (Å²) in [7, 11) is 1.67. The maximum atomic E-state index is 5.92. The number of ether oxygens (including phenoxy) is 2. The Morgan fingerprint density at radius 2 is 1.67 bits per heavy atom. The average Bonchev–Trinajstić information content (AvgIpc) is 2.72. The van der Waals surface area contributed by atoms with Gasteiger partial charge >= 0.3 is 0 Å². The Morgan fingerprint density at radius 3 is 2.37 bits per heavy atom. The lowest BCUT2D eigenvalue weighted by atomic mass is 10.1. The predicted molar refractivity (Wildman–Crippen MR) is 108 cm³/mol. The van der Waals surface area contributed by atoms with Gasteiger partial charge in [-0.05, 0) is 54.8 Å². The van der Waals surface area contributed by atoms with Crippen molar-refractivity contribution in [3.63, 3.8) is 0 Å². The molecule has 1 unspecified atom stereocenters. The third-order valence-corrected chi connectivity index (χ3v) is 4.56. The van der Waals surface area contributed by atoms with Gasteiger partial charge in [0.1, 0.15) is 6.61 Å². The number of rotatable bonds is 8. The van der Waals surface area contributed by atoms with Crippen LogP contribution in [0, 0.1) is 6.92 Å². The van der Waals surface area contributed by atoms with Gasteiger partial charge in [0.25, 0.3) is 0 Å². The van der Waals surface area contributed by atoms with Gasteiger partial charge in [0.15, 0.2) is 11.5 Å². The molecule has 1 aromatic heterocycles. The molecule has 0 aliphatic heterocycles. The van der Waals surface area contributed by atoms with Crippen molar-refractivity contribution < 1.29 is 9.47 Å². The molecular weight excluding hydrogens is 336 g/mol. The summed E-state index contributed by atoms with van der Waals surface area (Å²) in [4.78, 5) is 4.02. The summed E-state index contributed by atoms with van der Waals surface area (Å²) >= 11 is 0. The van der Waals surface area contributed by atoms with Crippen LogP contribution < -0.4 is 14.8 Å². The molecule has 0 saturated heterocycles. The zero-order valence-electron chi connectivity index (χ0n) is 16.1. The Bertz CT molecular complexity index is 848. The maximum Gasteiger partial charge on any atom is 0.161 e. The van der Waals surface area contributed by atoms with E-state index in [4.69, 9.17) is 9.47 Å². The number of benzene rings is 2. The molecule has 1 atom stereocenters. The highest BCUT2D eigenvalue weighted by atomic mass is 16.5. The third-order valence-electron chi connectivity index (χ3n) is 4.56. The Hall–Kier alpha value is -2.85. The van der Waals surface area contributed by atoms with E-state index in [0.717, 1.165) is 29.2 Å². The second kappa shape index (κ2) is 9.19. The van der Waals surface area contributed by atoms with Crippen LogP contribution in [0.5, 0.6) is 11.5 Å². The van der Waals surface area contributed by atoms with Crippen molar-refractivity contribution in [1.82, 2.24) is 10.3 Å². The van der Waals surface area contributed by atoms with E-state index in [1.54, 1.807) is 19.5 Å². The topological polar surface area (TPSA) is 43.4 Å². The number of hydrogen-bond donors (Lipinski definition) is 1. The minimum Gasteiger partial charge on any atom is -0.493 e. The first-order valence-electron chi connectivity index (χ1n) is 9.14. The van der Waals surface area contributed by atoms with E-state index >= 15 is 0 Å². The minimum absolute atomic E-state index is 0.203. The van der Waals surface area contributed by atoms with E-state index < -0.39 is 0 Å². The summed E-state index contributed by atoms with van der Waals surface area (Å²) in [6, 6.07) is 18.8. The van der Waals surface area contributed by atoms with Crippen LogP contribution in [0.3, 0.4) is 0 Å². The first-order chi connectivity index (χ1) is 13.2. The quantitative estimate of drug-likeness (QED) is 0.623. The van der Waals surface area contributed by atoms with Crippen molar-refractivity contribution in [2.75, 3.05) is 7.11 Å². The van der Waals surface area contributed by atoms with Gasteiger partial charge in [-0.1, -0.05) is 35.9 Å². The number of hydrogen-bond acceptors (Lipinski definition) is 4. The number of nitrogens with one attached hydrogen (secondary N) is 1. The van der Waals surface area contributed by atoms with Crippen LogP contribution in [0.15, 0.2) is 67.0 Å². The number of nitrogens with zero attached hydrogens (tertiary/aromatic N) is 1. The van der Waals surface area contributed by atoms with Crippen molar-refractivity contribution >= 4 is 0 Å². The molecule has 0 radical (unpaired) electrons. The average molecular weight is 362 g/mol. The molecule has 1 heterocycles. The van der Waals surface area contributed by atoms with Crippen LogP contribution in [-0.4, -0.2) is 12.1 Å². The predicted octanol–water partition coefficient (Wildman–Crippen LogP) is 4.83. The van der Waals surface area contributed by atoms with Crippen molar-refractivity contribution in [3.05, 3.63) is 89.2 Å². The van der Waals surface area contributed by atoms with Crippen LogP contribution >= 0.6 is 0 Å². The molecule has 0 saturated carbocycles. The fourth-order valence-electron chi connectivity index (χ4n) is 2.81. The summed E-state index contributed by atoms with van der Waals surface area (Å²) in [5.74, 6) is 1.48. The van der Waals surface area contributed by atoms with Crippen LogP contribution in [0.25, 0.3) is 0 Å². The van der Waals surface area contributed by atoms with Gasteiger partial charge in [-0.2, -0.15) is 0 Å². The molecule has 0 aliphatic rings. The third kappa shape index (κ3) is 5.31. The fraction of sp³-hybridized carbons (Fsp3) is 0.261. The fourth-order valence-corrected chi connectivity index (χ4v) is 2.81. The lowest BCUT2D eigenvalue weighted by Crippen LogP contribution is -2.18. The molecule has 27 heavy (non-hydrogen) atoms. The SMILES string of the molecule is COc1cc(C(C)NCc2ccc(C)cc2)ccc1OCc1ccncc1. The van der Waals surface area contributed by atoms with Crippen molar-refractivity contribution in [1.29, 1.82) is 0 Å². The molecule has 0 spiro atoms. The molecule has 3 rings (SSSR count). The van der Waals surface area contributed by atoms with Crippen molar-refractivity contribution in [3.8, 4) is 11.5 Å². The second-order valence-electron chi connectivity index (χ2n) is 6.64. The van der Waals surface area contributed by atoms with E-state index in [0.29, 0.717) is 6.61 Å². The molecule has 4 heteroatoms.